The fourth-order valence-electron chi connectivity index (χ4n) is 1.78. The molecule has 0 aliphatic rings. The summed E-state index contributed by atoms with van der Waals surface area (Å²) in [7, 11) is 0. The first-order chi connectivity index (χ1) is 8.57. The summed E-state index contributed by atoms with van der Waals surface area (Å²) in [5.41, 5.74) is 0. The van der Waals surface area contributed by atoms with Crippen LogP contribution in [0.5, 0.6) is 0 Å². The molecule has 4 heteroatoms. The predicted octanol–water partition coefficient (Wildman–Crippen LogP) is 2.81. The van der Waals surface area contributed by atoms with E-state index in [2.05, 4.69) is 12.2 Å². The fraction of sp³-hybridized carbons (Fsp3) is 0.929. The van der Waals surface area contributed by atoms with E-state index < -0.39 is 12.0 Å². The Bertz CT molecular complexity index is 207. The standard InChI is InChI=1S/C14H29NO3/c1-4-5-6-7-8-9-10-18-11-13(14(16)17)15-12(2)3/h12-13,15H,4-11H2,1-3H3,(H,16,17). The Morgan fingerprint density at radius 1 is 1.17 bits per heavy atom. The fourth-order valence-corrected chi connectivity index (χ4v) is 1.78. The number of rotatable bonds is 12. The maximum atomic E-state index is 10.9. The number of ether oxygens (including phenoxy) is 1. The van der Waals surface area contributed by atoms with Crippen molar-refractivity contribution >= 4 is 5.97 Å². The van der Waals surface area contributed by atoms with Gasteiger partial charge in [0, 0.05) is 12.6 Å². The van der Waals surface area contributed by atoms with Crippen LogP contribution in [-0.2, 0) is 9.53 Å². The van der Waals surface area contributed by atoms with Crippen molar-refractivity contribution in [2.75, 3.05) is 13.2 Å². The van der Waals surface area contributed by atoms with Crippen molar-refractivity contribution in [3.63, 3.8) is 0 Å². The highest BCUT2D eigenvalue weighted by Gasteiger charge is 2.17. The van der Waals surface area contributed by atoms with E-state index in [1.807, 2.05) is 13.8 Å². The van der Waals surface area contributed by atoms with Crippen LogP contribution < -0.4 is 5.32 Å². The number of aliphatic carboxylic acids is 1. The number of hydrogen-bond donors (Lipinski definition) is 2. The van der Waals surface area contributed by atoms with Crippen LogP contribution in [0.25, 0.3) is 0 Å². The van der Waals surface area contributed by atoms with E-state index in [4.69, 9.17) is 9.84 Å². The van der Waals surface area contributed by atoms with Crippen LogP contribution in [0.4, 0.5) is 0 Å². The average molecular weight is 259 g/mol. The molecule has 0 fully saturated rings. The van der Waals surface area contributed by atoms with Crippen LogP contribution in [0.3, 0.4) is 0 Å². The Morgan fingerprint density at radius 3 is 2.33 bits per heavy atom. The third kappa shape index (κ3) is 10.5. The summed E-state index contributed by atoms with van der Waals surface area (Å²) < 4.78 is 5.42. The van der Waals surface area contributed by atoms with Gasteiger partial charge in [0.1, 0.15) is 6.04 Å². The third-order valence-electron chi connectivity index (χ3n) is 2.76. The minimum atomic E-state index is -0.841. The zero-order chi connectivity index (χ0) is 13.8. The van der Waals surface area contributed by atoms with Gasteiger partial charge in [-0.05, 0) is 6.42 Å². The van der Waals surface area contributed by atoms with Crippen LogP contribution >= 0.6 is 0 Å². The third-order valence-corrected chi connectivity index (χ3v) is 2.76. The topological polar surface area (TPSA) is 58.6 Å². The van der Waals surface area contributed by atoms with Crippen molar-refractivity contribution in [3.8, 4) is 0 Å². The van der Waals surface area contributed by atoms with Crippen molar-refractivity contribution in [1.82, 2.24) is 5.32 Å². The van der Waals surface area contributed by atoms with Crippen molar-refractivity contribution in [2.45, 2.75) is 71.4 Å². The van der Waals surface area contributed by atoms with Crippen molar-refractivity contribution in [3.05, 3.63) is 0 Å². The summed E-state index contributed by atoms with van der Waals surface area (Å²) in [5.74, 6) is -0.841. The molecule has 0 aromatic rings. The molecule has 0 saturated heterocycles. The van der Waals surface area contributed by atoms with Crippen LogP contribution in [0.15, 0.2) is 0 Å². The van der Waals surface area contributed by atoms with Gasteiger partial charge in [0.25, 0.3) is 0 Å². The molecule has 108 valence electrons. The zero-order valence-electron chi connectivity index (χ0n) is 12.1. The molecule has 1 unspecified atom stereocenters. The van der Waals surface area contributed by atoms with Gasteiger partial charge in [-0.1, -0.05) is 52.9 Å². The maximum Gasteiger partial charge on any atom is 0.323 e. The van der Waals surface area contributed by atoms with Gasteiger partial charge in [-0.2, -0.15) is 0 Å². The van der Waals surface area contributed by atoms with Gasteiger partial charge in [-0.15, -0.1) is 0 Å². The van der Waals surface area contributed by atoms with Gasteiger partial charge < -0.3 is 15.2 Å². The first kappa shape index (κ1) is 17.4. The minimum absolute atomic E-state index is 0.156. The van der Waals surface area contributed by atoms with Gasteiger partial charge in [-0.3, -0.25) is 4.79 Å². The molecule has 0 amide bonds. The van der Waals surface area contributed by atoms with E-state index in [1.165, 1.54) is 32.1 Å². The van der Waals surface area contributed by atoms with E-state index in [-0.39, 0.29) is 12.6 Å². The van der Waals surface area contributed by atoms with E-state index in [0.717, 1.165) is 6.42 Å². The molecule has 1 atom stereocenters. The summed E-state index contributed by atoms with van der Waals surface area (Å²) in [6.45, 7) is 6.99. The Balaban J connectivity index is 3.47. The Morgan fingerprint density at radius 2 is 1.78 bits per heavy atom. The molecule has 4 nitrogen and oxygen atoms in total. The molecule has 0 aromatic carbocycles. The Hall–Kier alpha value is -0.610. The molecular formula is C14H29NO3. The van der Waals surface area contributed by atoms with Crippen molar-refractivity contribution in [2.24, 2.45) is 0 Å². The molecule has 0 saturated carbocycles. The number of carbonyl (C=O) groups is 1. The Labute approximate surface area is 111 Å². The van der Waals surface area contributed by atoms with Crippen molar-refractivity contribution in [1.29, 1.82) is 0 Å². The highest BCUT2D eigenvalue weighted by Crippen LogP contribution is 2.05. The van der Waals surface area contributed by atoms with E-state index in [9.17, 15) is 4.79 Å². The number of carboxylic acid groups (broad SMARTS) is 1. The minimum Gasteiger partial charge on any atom is -0.480 e. The van der Waals surface area contributed by atoms with Crippen LogP contribution in [0, 0.1) is 0 Å². The molecule has 0 radical (unpaired) electrons. The van der Waals surface area contributed by atoms with Crippen LogP contribution in [0.2, 0.25) is 0 Å². The van der Waals surface area contributed by atoms with E-state index >= 15 is 0 Å². The number of hydrogen-bond acceptors (Lipinski definition) is 3. The first-order valence-electron chi connectivity index (χ1n) is 7.14. The summed E-state index contributed by atoms with van der Waals surface area (Å²) >= 11 is 0. The lowest BCUT2D eigenvalue weighted by Gasteiger charge is -2.17. The second-order valence-corrected chi connectivity index (χ2v) is 5.05. The van der Waals surface area contributed by atoms with Crippen LogP contribution in [-0.4, -0.2) is 36.4 Å². The molecule has 2 N–H and O–H groups in total. The SMILES string of the molecule is CCCCCCCCOCC(NC(C)C)C(=O)O. The summed E-state index contributed by atoms with van der Waals surface area (Å²) in [5, 5.41) is 12.0. The van der Waals surface area contributed by atoms with Gasteiger partial charge in [0.05, 0.1) is 6.61 Å². The lowest BCUT2D eigenvalue weighted by atomic mass is 10.1. The molecule has 0 bridgehead atoms. The normalized spacial score (nSPS) is 12.9. The quantitative estimate of drug-likeness (QED) is 0.529. The largest absolute Gasteiger partial charge is 0.480 e. The summed E-state index contributed by atoms with van der Waals surface area (Å²) in [6, 6.07) is -0.436. The second kappa shape index (κ2) is 11.5. The maximum absolute atomic E-state index is 10.9. The van der Waals surface area contributed by atoms with Gasteiger partial charge in [-0.25, -0.2) is 0 Å². The molecule has 0 heterocycles. The van der Waals surface area contributed by atoms with E-state index in [1.54, 1.807) is 0 Å². The number of carboxylic acids is 1. The van der Waals surface area contributed by atoms with Gasteiger partial charge >= 0.3 is 5.97 Å². The monoisotopic (exact) mass is 259 g/mol. The predicted molar refractivity (Wildman–Crippen MR) is 73.9 cm³/mol. The molecule has 0 spiro atoms. The lowest BCUT2D eigenvalue weighted by molar-refractivity contribution is -0.141. The molecule has 0 aliphatic heterocycles. The van der Waals surface area contributed by atoms with Gasteiger partial charge in [0.15, 0.2) is 0 Å². The molecular weight excluding hydrogens is 230 g/mol. The average Bonchev–Trinajstić information content (AvgIpc) is 2.30. The van der Waals surface area contributed by atoms with Crippen LogP contribution in [0.1, 0.15) is 59.3 Å². The molecule has 0 aliphatic carbocycles. The highest BCUT2D eigenvalue weighted by atomic mass is 16.5. The molecule has 0 rings (SSSR count). The molecule has 18 heavy (non-hydrogen) atoms. The highest BCUT2D eigenvalue weighted by molar-refractivity contribution is 5.73. The van der Waals surface area contributed by atoms with E-state index in [0.29, 0.717) is 6.61 Å². The van der Waals surface area contributed by atoms with Gasteiger partial charge in [0.2, 0.25) is 0 Å². The summed E-state index contributed by atoms with van der Waals surface area (Å²) in [6.07, 6.45) is 7.32. The second-order valence-electron chi connectivity index (χ2n) is 5.05. The number of unbranched alkanes of at least 4 members (excludes halogenated alkanes) is 5. The van der Waals surface area contributed by atoms with Crippen molar-refractivity contribution < 1.29 is 14.6 Å². The zero-order valence-corrected chi connectivity index (χ0v) is 12.1. The number of nitrogens with one attached hydrogen (secondary N) is 1. The lowest BCUT2D eigenvalue weighted by Crippen LogP contribution is -2.44. The summed E-state index contributed by atoms with van der Waals surface area (Å²) in [4.78, 5) is 10.9. The first-order valence-corrected chi connectivity index (χ1v) is 7.14. The smallest absolute Gasteiger partial charge is 0.323 e. The molecule has 0 aromatic heterocycles. The Kier molecular flexibility index (Phi) is 11.1.